The summed E-state index contributed by atoms with van der Waals surface area (Å²) in [7, 11) is 0. The van der Waals surface area contributed by atoms with Gasteiger partial charge in [0, 0.05) is 19.0 Å². The number of hydrogen-bond donors (Lipinski definition) is 1. The van der Waals surface area contributed by atoms with Crippen LogP contribution < -0.4 is 5.73 Å². The van der Waals surface area contributed by atoms with Crippen LogP contribution in [0.2, 0.25) is 0 Å². The van der Waals surface area contributed by atoms with Crippen LogP contribution in [-0.4, -0.2) is 42.5 Å². The van der Waals surface area contributed by atoms with Gasteiger partial charge >= 0.3 is 0 Å². The van der Waals surface area contributed by atoms with Gasteiger partial charge in [-0.15, -0.1) is 0 Å². The number of nitrogens with two attached hydrogens (primary N) is 1. The van der Waals surface area contributed by atoms with Crippen molar-refractivity contribution in [3.05, 3.63) is 0 Å². The Morgan fingerprint density at radius 3 is 2.50 bits per heavy atom. The van der Waals surface area contributed by atoms with Crippen molar-refractivity contribution in [2.75, 3.05) is 19.7 Å². The first-order valence-electron chi connectivity index (χ1n) is 4.69. The van der Waals surface area contributed by atoms with Crippen LogP contribution in [0.1, 0.15) is 13.8 Å². The van der Waals surface area contributed by atoms with E-state index < -0.39 is 5.91 Å². The largest absolute Gasteiger partial charge is 0.368 e. The molecule has 1 aliphatic heterocycles. The van der Waals surface area contributed by atoms with Crippen molar-refractivity contribution in [1.82, 2.24) is 4.90 Å². The number of ether oxygens (including phenoxy) is 1. The zero-order valence-electron chi connectivity index (χ0n) is 8.53. The summed E-state index contributed by atoms with van der Waals surface area (Å²) >= 11 is 0. The average molecular weight is 200 g/mol. The van der Waals surface area contributed by atoms with Gasteiger partial charge in [-0.25, -0.2) is 0 Å². The molecule has 0 saturated carbocycles. The van der Waals surface area contributed by atoms with Gasteiger partial charge in [0.05, 0.1) is 6.10 Å². The molecular formula is C9H16N2O3. The number of amides is 2. The second-order valence-electron chi connectivity index (χ2n) is 3.80. The number of nitrogens with zero attached hydrogens (tertiary/aromatic N) is 1. The van der Waals surface area contributed by atoms with Crippen LogP contribution in [0, 0.1) is 5.92 Å². The fourth-order valence-electron chi connectivity index (χ4n) is 1.29. The SMILES string of the molecule is CC(C)C(=O)N1CC(OCC(N)=O)C1. The van der Waals surface area contributed by atoms with Crippen LogP contribution in [-0.2, 0) is 14.3 Å². The first kappa shape index (κ1) is 11.0. The van der Waals surface area contributed by atoms with Crippen molar-refractivity contribution in [3.63, 3.8) is 0 Å². The van der Waals surface area contributed by atoms with Crippen LogP contribution in [0.5, 0.6) is 0 Å². The van der Waals surface area contributed by atoms with Crippen LogP contribution in [0.25, 0.3) is 0 Å². The Bertz CT molecular complexity index is 234. The van der Waals surface area contributed by atoms with Crippen molar-refractivity contribution in [1.29, 1.82) is 0 Å². The standard InChI is InChI=1S/C9H16N2O3/c1-6(2)9(13)11-3-7(4-11)14-5-8(10)12/h6-7H,3-5H2,1-2H3,(H2,10,12). The van der Waals surface area contributed by atoms with Crippen molar-refractivity contribution >= 4 is 11.8 Å². The molecule has 0 atom stereocenters. The van der Waals surface area contributed by atoms with Crippen LogP contribution in [0.15, 0.2) is 0 Å². The molecule has 5 nitrogen and oxygen atoms in total. The molecule has 0 aromatic rings. The summed E-state index contributed by atoms with van der Waals surface area (Å²) in [4.78, 5) is 23.5. The summed E-state index contributed by atoms with van der Waals surface area (Å²) < 4.78 is 5.13. The summed E-state index contributed by atoms with van der Waals surface area (Å²) in [6.07, 6.45) is -0.0230. The van der Waals surface area contributed by atoms with Gasteiger partial charge in [0.15, 0.2) is 0 Å². The molecule has 0 aliphatic carbocycles. The van der Waals surface area contributed by atoms with E-state index in [9.17, 15) is 9.59 Å². The molecule has 1 heterocycles. The number of hydrogen-bond acceptors (Lipinski definition) is 3. The van der Waals surface area contributed by atoms with E-state index in [0.29, 0.717) is 13.1 Å². The molecule has 0 aromatic carbocycles. The molecule has 0 unspecified atom stereocenters. The number of carbonyl (C=O) groups excluding carboxylic acids is 2. The smallest absolute Gasteiger partial charge is 0.243 e. The molecule has 80 valence electrons. The first-order chi connectivity index (χ1) is 6.50. The van der Waals surface area contributed by atoms with Gasteiger partial charge in [-0.1, -0.05) is 13.8 Å². The summed E-state index contributed by atoms with van der Waals surface area (Å²) in [5.74, 6) is -0.324. The Labute approximate surface area is 83.2 Å². The summed E-state index contributed by atoms with van der Waals surface area (Å²) in [5, 5.41) is 0. The van der Waals surface area contributed by atoms with E-state index >= 15 is 0 Å². The van der Waals surface area contributed by atoms with E-state index in [4.69, 9.17) is 10.5 Å². The van der Waals surface area contributed by atoms with E-state index in [1.165, 1.54) is 0 Å². The quantitative estimate of drug-likeness (QED) is 0.655. The highest BCUT2D eigenvalue weighted by molar-refractivity contribution is 5.79. The Balaban J connectivity index is 2.17. The lowest BCUT2D eigenvalue weighted by Crippen LogP contribution is -2.56. The van der Waals surface area contributed by atoms with E-state index in [1.807, 2.05) is 13.8 Å². The lowest BCUT2D eigenvalue weighted by atomic mass is 10.1. The molecule has 0 spiro atoms. The topological polar surface area (TPSA) is 72.6 Å². The molecule has 5 heteroatoms. The Morgan fingerprint density at radius 2 is 2.07 bits per heavy atom. The predicted octanol–water partition coefficient (Wildman–Crippen LogP) is -0.645. The second kappa shape index (κ2) is 4.41. The lowest BCUT2D eigenvalue weighted by Gasteiger charge is -2.39. The Kier molecular flexibility index (Phi) is 3.46. The number of likely N-dealkylation sites (tertiary alicyclic amines) is 1. The van der Waals surface area contributed by atoms with E-state index in [2.05, 4.69) is 0 Å². The van der Waals surface area contributed by atoms with Crippen molar-refractivity contribution in [2.24, 2.45) is 11.7 Å². The molecule has 2 amide bonds. The molecule has 2 N–H and O–H groups in total. The number of primary amides is 1. The van der Waals surface area contributed by atoms with Crippen molar-refractivity contribution < 1.29 is 14.3 Å². The number of rotatable bonds is 4. The van der Waals surface area contributed by atoms with E-state index in [1.54, 1.807) is 4.90 Å². The maximum absolute atomic E-state index is 11.4. The fourth-order valence-corrected chi connectivity index (χ4v) is 1.29. The third-order valence-corrected chi connectivity index (χ3v) is 2.11. The third-order valence-electron chi connectivity index (χ3n) is 2.11. The molecule has 1 saturated heterocycles. The summed E-state index contributed by atoms with van der Waals surface area (Å²) in [6.45, 7) is 4.81. The summed E-state index contributed by atoms with van der Waals surface area (Å²) in [5.41, 5.74) is 4.92. The van der Waals surface area contributed by atoms with Gasteiger partial charge in [-0.05, 0) is 0 Å². The zero-order valence-corrected chi connectivity index (χ0v) is 8.53. The van der Waals surface area contributed by atoms with Gasteiger partial charge in [-0.3, -0.25) is 9.59 Å². The van der Waals surface area contributed by atoms with Gasteiger partial charge < -0.3 is 15.4 Å². The second-order valence-corrected chi connectivity index (χ2v) is 3.80. The minimum absolute atomic E-state index is 0.0205. The van der Waals surface area contributed by atoms with Gasteiger partial charge in [-0.2, -0.15) is 0 Å². The third kappa shape index (κ3) is 2.70. The van der Waals surface area contributed by atoms with Crippen LogP contribution >= 0.6 is 0 Å². The fraction of sp³-hybridized carbons (Fsp3) is 0.778. The minimum Gasteiger partial charge on any atom is -0.368 e. The lowest BCUT2D eigenvalue weighted by molar-refractivity contribution is -0.150. The summed E-state index contributed by atoms with van der Waals surface area (Å²) in [6, 6.07) is 0. The van der Waals surface area contributed by atoms with E-state index in [-0.39, 0.29) is 24.5 Å². The maximum Gasteiger partial charge on any atom is 0.243 e. The molecule has 1 rings (SSSR count). The minimum atomic E-state index is -0.473. The molecule has 0 bridgehead atoms. The predicted molar refractivity (Wildman–Crippen MR) is 50.4 cm³/mol. The molecule has 0 radical (unpaired) electrons. The zero-order chi connectivity index (χ0) is 10.7. The maximum atomic E-state index is 11.4. The molecule has 1 aliphatic rings. The Morgan fingerprint density at radius 1 is 1.50 bits per heavy atom. The molecule has 0 aromatic heterocycles. The Hall–Kier alpha value is -1.10. The van der Waals surface area contributed by atoms with Gasteiger partial charge in [0.1, 0.15) is 6.61 Å². The average Bonchev–Trinajstić information content (AvgIpc) is 2.00. The van der Waals surface area contributed by atoms with Gasteiger partial charge in [0.25, 0.3) is 0 Å². The molecule has 14 heavy (non-hydrogen) atoms. The highest BCUT2D eigenvalue weighted by Crippen LogP contribution is 2.14. The normalized spacial score (nSPS) is 16.9. The monoisotopic (exact) mass is 200 g/mol. The van der Waals surface area contributed by atoms with Crippen molar-refractivity contribution in [2.45, 2.75) is 20.0 Å². The number of carbonyl (C=O) groups is 2. The van der Waals surface area contributed by atoms with E-state index in [0.717, 1.165) is 0 Å². The highest BCUT2D eigenvalue weighted by Gasteiger charge is 2.32. The molecule has 1 fully saturated rings. The first-order valence-corrected chi connectivity index (χ1v) is 4.69. The molecular weight excluding hydrogens is 184 g/mol. The van der Waals surface area contributed by atoms with Gasteiger partial charge in [0.2, 0.25) is 11.8 Å². The van der Waals surface area contributed by atoms with Crippen LogP contribution in [0.4, 0.5) is 0 Å². The highest BCUT2D eigenvalue weighted by atomic mass is 16.5. The van der Waals surface area contributed by atoms with Crippen LogP contribution in [0.3, 0.4) is 0 Å². The van der Waals surface area contributed by atoms with Crippen molar-refractivity contribution in [3.8, 4) is 0 Å².